The molecule has 0 saturated heterocycles. The Balaban J connectivity index is 2.09. The minimum absolute atomic E-state index is 0.350. The number of ether oxygens (including phenoxy) is 1. The third-order valence-electron chi connectivity index (χ3n) is 2.97. The van der Waals surface area contributed by atoms with Gasteiger partial charge in [-0.2, -0.15) is 0 Å². The Kier molecular flexibility index (Phi) is 5.70. The van der Waals surface area contributed by atoms with E-state index in [1.807, 2.05) is 13.0 Å². The molecule has 0 aliphatic carbocycles. The van der Waals surface area contributed by atoms with Crippen LogP contribution in [0.3, 0.4) is 0 Å². The van der Waals surface area contributed by atoms with E-state index in [1.165, 1.54) is 12.1 Å². The van der Waals surface area contributed by atoms with Crippen LogP contribution in [0.15, 0.2) is 34.8 Å². The lowest BCUT2D eigenvalue weighted by atomic mass is 10.2. The molecule has 2 aromatic rings. The summed E-state index contributed by atoms with van der Waals surface area (Å²) in [6.07, 6.45) is 1.10. The van der Waals surface area contributed by atoms with Crippen LogP contribution in [-0.4, -0.2) is 11.5 Å². The predicted octanol–water partition coefficient (Wildman–Crippen LogP) is 4.58. The Morgan fingerprint density at radius 3 is 2.76 bits per heavy atom. The van der Waals surface area contributed by atoms with E-state index >= 15 is 0 Å². The SMILES string of the molecule is CCCNCc1ccc(Oc2cc(F)cc(Br)c2)nc1C. The summed E-state index contributed by atoms with van der Waals surface area (Å²) >= 11 is 3.24. The number of aromatic nitrogens is 1. The fraction of sp³-hybridized carbons (Fsp3) is 0.312. The van der Waals surface area contributed by atoms with E-state index in [-0.39, 0.29) is 5.82 Å². The van der Waals surface area contributed by atoms with Crippen LogP contribution in [0.2, 0.25) is 0 Å². The summed E-state index contributed by atoms with van der Waals surface area (Å²) in [5, 5.41) is 3.34. The lowest BCUT2D eigenvalue weighted by molar-refractivity contribution is 0.455. The maximum Gasteiger partial charge on any atom is 0.219 e. The number of pyridine rings is 1. The number of halogens is 2. The monoisotopic (exact) mass is 352 g/mol. The summed E-state index contributed by atoms with van der Waals surface area (Å²) < 4.78 is 19.5. The third kappa shape index (κ3) is 4.79. The molecule has 0 spiro atoms. The van der Waals surface area contributed by atoms with Crippen molar-refractivity contribution in [2.45, 2.75) is 26.8 Å². The Morgan fingerprint density at radius 1 is 1.29 bits per heavy atom. The van der Waals surface area contributed by atoms with Crippen LogP contribution in [0.25, 0.3) is 0 Å². The molecule has 3 nitrogen and oxygen atoms in total. The van der Waals surface area contributed by atoms with Gasteiger partial charge in [0.15, 0.2) is 0 Å². The van der Waals surface area contributed by atoms with Crippen molar-refractivity contribution in [2.75, 3.05) is 6.54 Å². The van der Waals surface area contributed by atoms with Crippen molar-refractivity contribution in [1.29, 1.82) is 0 Å². The maximum atomic E-state index is 13.3. The van der Waals surface area contributed by atoms with Gasteiger partial charge in [0.2, 0.25) is 5.88 Å². The van der Waals surface area contributed by atoms with Crippen LogP contribution in [-0.2, 0) is 6.54 Å². The first-order valence-electron chi connectivity index (χ1n) is 6.89. The summed E-state index contributed by atoms with van der Waals surface area (Å²) in [7, 11) is 0. The minimum atomic E-state index is -0.350. The van der Waals surface area contributed by atoms with Crippen LogP contribution in [0.5, 0.6) is 11.6 Å². The van der Waals surface area contributed by atoms with Gasteiger partial charge in [-0.05, 0) is 37.6 Å². The summed E-state index contributed by atoms with van der Waals surface area (Å²) in [4.78, 5) is 4.41. The van der Waals surface area contributed by atoms with Crippen LogP contribution in [0, 0.1) is 12.7 Å². The molecule has 112 valence electrons. The highest BCUT2D eigenvalue weighted by Crippen LogP contribution is 2.25. The zero-order valence-electron chi connectivity index (χ0n) is 12.1. The Labute approximate surface area is 132 Å². The molecule has 0 bridgehead atoms. The first-order valence-corrected chi connectivity index (χ1v) is 7.69. The number of nitrogens with zero attached hydrogens (tertiary/aromatic N) is 1. The van der Waals surface area contributed by atoms with E-state index in [4.69, 9.17) is 4.74 Å². The van der Waals surface area contributed by atoms with Gasteiger partial charge in [-0.3, -0.25) is 0 Å². The van der Waals surface area contributed by atoms with Crippen molar-refractivity contribution >= 4 is 15.9 Å². The molecule has 0 aliphatic heterocycles. The lowest BCUT2D eigenvalue weighted by Crippen LogP contribution is -2.15. The van der Waals surface area contributed by atoms with Crippen LogP contribution in [0.4, 0.5) is 4.39 Å². The number of nitrogens with one attached hydrogen (secondary N) is 1. The van der Waals surface area contributed by atoms with Crippen molar-refractivity contribution < 1.29 is 9.13 Å². The second-order valence-corrected chi connectivity index (χ2v) is 5.69. The van der Waals surface area contributed by atoms with Gasteiger partial charge in [-0.15, -0.1) is 0 Å². The molecule has 0 unspecified atom stereocenters. The molecule has 1 aromatic heterocycles. The number of benzene rings is 1. The summed E-state index contributed by atoms with van der Waals surface area (Å²) in [5.74, 6) is 0.534. The molecule has 21 heavy (non-hydrogen) atoms. The highest BCUT2D eigenvalue weighted by atomic mass is 79.9. The molecule has 1 aromatic carbocycles. The van der Waals surface area contributed by atoms with Crippen molar-refractivity contribution in [2.24, 2.45) is 0 Å². The topological polar surface area (TPSA) is 34.1 Å². The normalized spacial score (nSPS) is 10.7. The zero-order valence-corrected chi connectivity index (χ0v) is 13.7. The summed E-state index contributed by atoms with van der Waals surface area (Å²) in [5.41, 5.74) is 2.04. The fourth-order valence-electron chi connectivity index (χ4n) is 1.92. The Hall–Kier alpha value is -1.46. The molecule has 0 amide bonds. The number of aryl methyl sites for hydroxylation is 1. The average molecular weight is 353 g/mol. The molecule has 0 atom stereocenters. The van der Waals surface area contributed by atoms with Gasteiger partial charge in [0.05, 0.1) is 0 Å². The van der Waals surface area contributed by atoms with Gasteiger partial charge in [-0.1, -0.05) is 28.9 Å². The molecular weight excluding hydrogens is 335 g/mol. The van der Waals surface area contributed by atoms with Crippen LogP contribution < -0.4 is 10.1 Å². The first kappa shape index (κ1) is 15.9. The van der Waals surface area contributed by atoms with Gasteiger partial charge >= 0.3 is 0 Å². The molecule has 0 saturated carbocycles. The minimum Gasteiger partial charge on any atom is -0.439 e. The fourth-order valence-corrected chi connectivity index (χ4v) is 2.36. The van der Waals surface area contributed by atoms with Crippen molar-refractivity contribution in [3.05, 3.63) is 51.9 Å². The number of hydrogen-bond acceptors (Lipinski definition) is 3. The first-order chi connectivity index (χ1) is 10.1. The number of rotatable bonds is 6. The van der Waals surface area contributed by atoms with Gasteiger partial charge in [0.1, 0.15) is 11.6 Å². The number of hydrogen-bond donors (Lipinski definition) is 1. The van der Waals surface area contributed by atoms with Crippen molar-refractivity contribution in [3.8, 4) is 11.6 Å². The van der Waals surface area contributed by atoms with E-state index < -0.39 is 0 Å². The van der Waals surface area contributed by atoms with E-state index in [2.05, 4.69) is 33.2 Å². The molecule has 1 N–H and O–H groups in total. The molecule has 0 aliphatic rings. The van der Waals surface area contributed by atoms with Crippen molar-refractivity contribution in [3.63, 3.8) is 0 Å². The molecule has 2 rings (SSSR count). The molecule has 5 heteroatoms. The smallest absolute Gasteiger partial charge is 0.219 e. The highest BCUT2D eigenvalue weighted by Gasteiger charge is 2.05. The Bertz CT molecular complexity index is 599. The van der Waals surface area contributed by atoms with Crippen LogP contribution in [0.1, 0.15) is 24.6 Å². The van der Waals surface area contributed by atoms with Gasteiger partial charge in [0, 0.05) is 28.8 Å². The average Bonchev–Trinajstić information content (AvgIpc) is 2.40. The largest absolute Gasteiger partial charge is 0.439 e. The predicted molar refractivity (Wildman–Crippen MR) is 85.1 cm³/mol. The molecule has 0 fully saturated rings. The van der Waals surface area contributed by atoms with Gasteiger partial charge < -0.3 is 10.1 Å². The summed E-state index contributed by atoms with van der Waals surface area (Å²) in [6.45, 7) is 5.84. The molecule has 0 radical (unpaired) electrons. The van der Waals surface area contributed by atoms with E-state index in [0.717, 1.165) is 30.8 Å². The molecular formula is C16H18BrFN2O. The van der Waals surface area contributed by atoms with Gasteiger partial charge in [0.25, 0.3) is 0 Å². The Morgan fingerprint density at radius 2 is 2.10 bits per heavy atom. The molecule has 1 heterocycles. The van der Waals surface area contributed by atoms with Crippen LogP contribution >= 0.6 is 15.9 Å². The third-order valence-corrected chi connectivity index (χ3v) is 3.43. The van der Waals surface area contributed by atoms with E-state index in [9.17, 15) is 4.39 Å². The summed E-state index contributed by atoms with van der Waals surface area (Å²) in [6, 6.07) is 8.20. The quantitative estimate of drug-likeness (QED) is 0.772. The van der Waals surface area contributed by atoms with Gasteiger partial charge in [-0.25, -0.2) is 9.37 Å². The van der Waals surface area contributed by atoms with E-state index in [0.29, 0.717) is 16.1 Å². The maximum absolute atomic E-state index is 13.3. The van der Waals surface area contributed by atoms with Crippen molar-refractivity contribution in [1.82, 2.24) is 10.3 Å². The second-order valence-electron chi connectivity index (χ2n) is 4.78. The zero-order chi connectivity index (χ0) is 15.2. The van der Waals surface area contributed by atoms with E-state index in [1.54, 1.807) is 12.1 Å². The second kappa shape index (κ2) is 7.52. The highest BCUT2D eigenvalue weighted by molar-refractivity contribution is 9.10. The standard InChI is InChI=1S/C16H18BrFN2O/c1-3-6-19-10-12-4-5-16(20-11(12)2)21-15-8-13(17)7-14(18)9-15/h4-5,7-9,19H,3,6,10H2,1-2H3. The lowest BCUT2D eigenvalue weighted by Gasteiger charge is -2.10.